The van der Waals surface area contributed by atoms with E-state index in [1.807, 2.05) is 13.8 Å². The first-order valence-electron chi connectivity index (χ1n) is 6.74. The largest absolute Gasteiger partial charge is 0.383 e. The molecule has 112 valence electrons. The van der Waals surface area contributed by atoms with Crippen LogP contribution in [0, 0.1) is 0 Å². The molecule has 1 N–H and O–H groups in total. The molecule has 2 heterocycles. The van der Waals surface area contributed by atoms with E-state index in [4.69, 9.17) is 14.2 Å². The van der Waals surface area contributed by atoms with Crippen LogP contribution < -0.4 is 10.9 Å². The third-order valence-corrected chi connectivity index (χ3v) is 3.15. The fourth-order valence-corrected chi connectivity index (χ4v) is 1.99. The smallest absolute Gasteiger partial charge is 0.250 e. The molecule has 1 aliphatic rings. The highest BCUT2D eigenvalue weighted by Gasteiger charge is 2.28. The Morgan fingerprint density at radius 3 is 2.75 bits per heavy atom. The first-order valence-corrected chi connectivity index (χ1v) is 6.74. The molecule has 6 heteroatoms. The molecule has 0 saturated carbocycles. The highest BCUT2D eigenvalue weighted by Crippen LogP contribution is 2.19. The standard InChI is InChI=1S/C14H22N2O4/c1-14(2)19-9-12(10-20-14)15-11-4-5-13(17)16(8-11)6-7-18-3/h4-5,8,12,15H,6-7,9-10H2,1-3H3. The van der Waals surface area contributed by atoms with Crippen molar-refractivity contribution in [2.45, 2.75) is 32.2 Å². The lowest BCUT2D eigenvalue weighted by atomic mass is 10.2. The van der Waals surface area contributed by atoms with Crippen LogP contribution in [0.15, 0.2) is 23.1 Å². The number of hydrogen-bond donors (Lipinski definition) is 1. The fraction of sp³-hybridized carbons (Fsp3) is 0.643. The number of methoxy groups -OCH3 is 1. The summed E-state index contributed by atoms with van der Waals surface area (Å²) in [7, 11) is 1.62. The van der Waals surface area contributed by atoms with E-state index in [-0.39, 0.29) is 11.6 Å². The fourth-order valence-electron chi connectivity index (χ4n) is 1.99. The molecule has 2 rings (SSSR count). The van der Waals surface area contributed by atoms with Crippen molar-refractivity contribution in [1.29, 1.82) is 0 Å². The van der Waals surface area contributed by atoms with Gasteiger partial charge in [0.2, 0.25) is 0 Å². The van der Waals surface area contributed by atoms with Gasteiger partial charge in [0.1, 0.15) is 0 Å². The topological polar surface area (TPSA) is 61.7 Å². The molecule has 20 heavy (non-hydrogen) atoms. The third kappa shape index (κ3) is 4.06. The van der Waals surface area contributed by atoms with Crippen LogP contribution in [0.1, 0.15) is 13.8 Å². The van der Waals surface area contributed by atoms with Gasteiger partial charge in [0.15, 0.2) is 5.79 Å². The molecular weight excluding hydrogens is 260 g/mol. The lowest BCUT2D eigenvalue weighted by Crippen LogP contribution is -2.45. The van der Waals surface area contributed by atoms with Gasteiger partial charge in [-0.15, -0.1) is 0 Å². The molecule has 0 radical (unpaired) electrons. The van der Waals surface area contributed by atoms with Crippen molar-refractivity contribution in [2.75, 3.05) is 32.2 Å². The molecule has 0 aromatic carbocycles. The Hall–Kier alpha value is -1.37. The molecule has 1 saturated heterocycles. The van der Waals surface area contributed by atoms with E-state index in [0.717, 1.165) is 5.69 Å². The van der Waals surface area contributed by atoms with Gasteiger partial charge in [0.05, 0.1) is 31.5 Å². The van der Waals surface area contributed by atoms with E-state index in [0.29, 0.717) is 26.4 Å². The van der Waals surface area contributed by atoms with Gasteiger partial charge < -0.3 is 24.1 Å². The number of pyridine rings is 1. The van der Waals surface area contributed by atoms with E-state index in [1.54, 1.807) is 30.0 Å². The normalized spacial score (nSPS) is 18.9. The molecule has 1 fully saturated rings. The number of nitrogens with zero attached hydrogens (tertiary/aromatic N) is 1. The van der Waals surface area contributed by atoms with Gasteiger partial charge in [0.25, 0.3) is 5.56 Å². The van der Waals surface area contributed by atoms with Crippen LogP contribution in [-0.4, -0.2) is 43.3 Å². The maximum Gasteiger partial charge on any atom is 0.250 e. The average Bonchev–Trinajstić information content (AvgIpc) is 2.42. The van der Waals surface area contributed by atoms with E-state index in [2.05, 4.69) is 5.32 Å². The number of hydrogen-bond acceptors (Lipinski definition) is 5. The maximum atomic E-state index is 11.7. The van der Waals surface area contributed by atoms with Gasteiger partial charge in [0, 0.05) is 25.9 Å². The van der Waals surface area contributed by atoms with Crippen molar-refractivity contribution < 1.29 is 14.2 Å². The van der Waals surface area contributed by atoms with Crippen LogP contribution in [0.2, 0.25) is 0 Å². The van der Waals surface area contributed by atoms with Gasteiger partial charge in [-0.2, -0.15) is 0 Å². The zero-order valence-corrected chi connectivity index (χ0v) is 12.2. The summed E-state index contributed by atoms with van der Waals surface area (Å²) >= 11 is 0. The minimum Gasteiger partial charge on any atom is -0.383 e. The molecule has 0 atom stereocenters. The summed E-state index contributed by atoms with van der Waals surface area (Å²) in [5.41, 5.74) is 0.836. The number of anilines is 1. The highest BCUT2D eigenvalue weighted by atomic mass is 16.7. The molecule has 0 aliphatic carbocycles. The van der Waals surface area contributed by atoms with Crippen LogP contribution in [-0.2, 0) is 20.8 Å². The molecule has 1 aromatic rings. The van der Waals surface area contributed by atoms with Crippen LogP contribution in [0.5, 0.6) is 0 Å². The molecule has 0 amide bonds. The summed E-state index contributed by atoms with van der Waals surface area (Å²) in [6.45, 7) is 5.99. The molecular formula is C14H22N2O4. The summed E-state index contributed by atoms with van der Waals surface area (Å²) in [4.78, 5) is 11.7. The second kappa shape index (κ2) is 6.39. The van der Waals surface area contributed by atoms with Gasteiger partial charge in [-0.1, -0.05) is 0 Å². The predicted molar refractivity (Wildman–Crippen MR) is 76.0 cm³/mol. The zero-order valence-electron chi connectivity index (χ0n) is 12.2. The summed E-state index contributed by atoms with van der Waals surface area (Å²) in [5.74, 6) is -0.518. The monoisotopic (exact) mass is 282 g/mol. The molecule has 0 spiro atoms. The SMILES string of the molecule is COCCn1cc(NC2COC(C)(C)OC2)ccc1=O. The first-order chi connectivity index (χ1) is 9.50. The Morgan fingerprint density at radius 2 is 2.10 bits per heavy atom. The minimum atomic E-state index is -0.518. The van der Waals surface area contributed by atoms with Crippen molar-refractivity contribution in [2.24, 2.45) is 0 Å². The molecule has 0 unspecified atom stereocenters. The molecule has 0 bridgehead atoms. The first kappa shape index (κ1) is 15.0. The van der Waals surface area contributed by atoms with Gasteiger partial charge in [-0.25, -0.2) is 0 Å². The number of nitrogens with one attached hydrogen (secondary N) is 1. The van der Waals surface area contributed by atoms with Gasteiger partial charge in [-0.05, 0) is 19.9 Å². The zero-order chi connectivity index (χ0) is 14.6. The Labute approximate surface area is 118 Å². The summed E-state index contributed by atoms with van der Waals surface area (Å²) in [6.07, 6.45) is 1.79. The summed E-state index contributed by atoms with van der Waals surface area (Å²) in [6, 6.07) is 3.40. The quantitative estimate of drug-likeness (QED) is 0.875. The van der Waals surface area contributed by atoms with E-state index in [9.17, 15) is 4.79 Å². The second-order valence-electron chi connectivity index (χ2n) is 5.31. The van der Waals surface area contributed by atoms with Crippen LogP contribution in [0.25, 0.3) is 0 Å². The van der Waals surface area contributed by atoms with Crippen molar-refractivity contribution in [3.63, 3.8) is 0 Å². The van der Waals surface area contributed by atoms with Crippen LogP contribution in [0.3, 0.4) is 0 Å². The van der Waals surface area contributed by atoms with Gasteiger partial charge >= 0.3 is 0 Å². The van der Waals surface area contributed by atoms with Crippen molar-refractivity contribution in [3.05, 3.63) is 28.7 Å². The average molecular weight is 282 g/mol. The number of ether oxygens (including phenoxy) is 3. The molecule has 1 aromatic heterocycles. The Kier molecular flexibility index (Phi) is 4.80. The minimum absolute atomic E-state index is 0.0372. The van der Waals surface area contributed by atoms with Gasteiger partial charge in [-0.3, -0.25) is 4.79 Å². The van der Waals surface area contributed by atoms with Crippen LogP contribution >= 0.6 is 0 Å². The summed E-state index contributed by atoms with van der Waals surface area (Å²) in [5, 5.41) is 3.31. The third-order valence-electron chi connectivity index (χ3n) is 3.15. The Morgan fingerprint density at radius 1 is 1.40 bits per heavy atom. The van der Waals surface area contributed by atoms with Crippen molar-refractivity contribution in [1.82, 2.24) is 4.57 Å². The molecule has 1 aliphatic heterocycles. The van der Waals surface area contributed by atoms with E-state index in [1.165, 1.54) is 0 Å². The lowest BCUT2D eigenvalue weighted by Gasteiger charge is -2.35. The Balaban J connectivity index is 1.98. The Bertz CT molecular complexity index is 488. The second-order valence-corrected chi connectivity index (χ2v) is 5.31. The predicted octanol–water partition coefficient (Wildman–Crippen LogP) is 1.06. The van der Waals surface area contributed by atoms with E-state index < -0.39 is 5.79 Å². The maximum absolute atomic E-state index is 11.7. The van der Waals surface area contributed by atoms with Crippen molar-refractivity contribution in [3.8, 4) is 0 Å². The number of aromatic nitrogens is 1. The van der Waals surface area contributed by atoms with Crippen LogP contribution in [0.4, 0.5) is 5.69 Å². The number of rotatable bonds is 5. The highest BCUT2D eigenvalue weighted by molar-refractivity contribution is 5.41. The van der Waals surface area contributed by atoms with Crippen molar-refractivity contribution >= 4 is 5.69 Å². The lowest BCUT2D eigenvalue weighted by molar-refractivity contribution is -0.247. The summed E-state index contributed by atoms with van der Waals surface area (Å²) < 4.78 is 17.8. The van der Waals surface area contributed by atoms with E-state index >= 15 is 0 Å². The molecule has 6 nitrogen and oxygen atoms in total.